The quantitative estimate of drug-likeness (QED) is 0.518. The van der Waals surface area contributed by atoms with Gasteiger partial charge in [0.1, 0.15) is 17.5 Å². The van der Waals surface area contributed by atoms with Gasteiger partial charge in [-0.2, -0.15) is 13.2 Å². The predicted molar refractivity (Wildman–Crippen MR) is 103 cm³/mol. The number of halogens is 6. The monoisotopic (exact) mass is 454 g/mol. The zero-order valence-electron chi connectivity index (χ0n) is 16.4. The van der Waals surface area contributed by atoms with Crippen LogP contribution >= 0.6 is 0 Å². The highest BCUT2D eigenvalue weighted by Crippen LogP contribution is 2.35. The second-order valence-electron chi connectivity index (χ2n) is 7.04. The van der Waals surface area contributed by atoms with Crippen LogP contribution in [0.4, 0.5) is 26.3 Å². The molecule has 0 saturated carbocycles. The minimum atomic E-state index is -5.05. The molecule has 3 rings (SSSR count). The Labute approximate surface area is 178 Å². The third-order valence-corrected chi connectivity index (χ3v) is 4.66. The van der Waals surface area contributed by atoms with Crippen LogP contribution in [0.3, 0.4) is 0 Å². The first-order chi connectivity index (χ1) is 15.0. The van der Waals surface area contributed by atoms with Crippen LogP contribution in [-0.2, 0) is 0 Å². The molecule has 1 unspecified atom stereocenters. The van der Waals surface area contributed by atoms with Crippen molar-refractivity contribution in [3.63, 3.8) is 0 Å². The van der Waals surface area contributed by atoms with E-state index in [1.807, 2.05) is 0 Å². The summed E-state index contributed by atoms with van der Waals surface area (Å²) in [6, 6.07) is 5.60. The molecular weight excluding hydrogens is 438 g/mol. The van der Waals surface area contributed by atoms with Crippen LogP contribution < -0.4 is 5.32 Å². The van der Waals surface area contributed by atoms with Crippen molar-refractivity contribution in [3.8, 4) is 11.1 Å². The summed E-state index contributed by atoms with van der Waals surface area (Å²) in [7, 11) is 0. The number of carbonyl (C=O) groups excluding carboxylic acids is 1. The van der Waals surface area contributed by atoms with Gasteiger partial charge in [0.15, 0.2) is 6.10 Å². The van der Waals surface area contributed by atoms with E-state index >= 15 is 0 Å². The number of hydrogen-bond donors (Lipinski definition) is 2. The Hall–Kier alpha value is -3.40. The maximum Gasteiger partial charge on any atom is 0.418 e. The Morgan fingerprint density at radius 2 is 1.69 bits per heavy atom. The molecule has 0 saturated heterocycles. The fourth-order valence-electron chi connectivity index (χ4n) is 3.04. The smallest absolute Gasteiger partial charge is 0.379 e. The number of benzene rings is 2. The second kappa shape index (κ2) is 8.99. The first-order valence-electron chi connectivity index (χ1n) is 9.22. The van der Waals surface area contributed by atoms with E-state index in [0.29, 0.717) is 11.6 Å². The lowest BCUT2D eigenvalue weighted by Crippen LogP contribution is -2.27. The molecule has 4 nitrogen and oxygen atoms in total. The third-order valence-electron chi connectivity index (χ3n) is 4.66. The van der Waals surface area contributed by atoms with E-state index in [9.17, 15) is 36.2 Å². The summed E-state index contributed by atoms with van der Waals surface area (Å²) >= 11 is 0. The molecule has 1 heterocycles. The molecule has 0 radical (unpaired) electrons. The molecule has 32 heavy (non-hydrogen) atoms. The maximum atomic E-state index is 14.2. The van der Waals surface area contributed by atoms with Crippen molar-refractivity contribution in [2.45, 2.75) is 25.2 Å². The average Bonchev–Trinajstić information content (AvgIpc) is 2.72. The first kappa shape index (κ1) is 23.3. The highest BCUT2D eigenvalue weighted by molar-refractivity contribution is 5.96. The molecule has 0 bridgehead atoms. The van der Waals surface area contributed by atoms with Crippen molar-refractivity contribution in [1.82, 2.24) is 10.3 Å². The Balaban J connectivity index is 2.02. The lowest BCUT2D eigenvalue weighted by molar-refractivity contribution is -0.206. The van der Waals surface area contributed by atoms with Crippen LogP contribution in [-0.4, -0.2) is 22.2 Å². The van der Waals surface area contributed by atoms with Crippen LogP contribution in [0.2, 0.25) is 0 Å². The minimum absolute atomic E-state index is 0.173. The molecule has 168 valence electrons. The van der Waals surface area contributed by atoms with Crippen LogP contribution in [0.15, 0.2) is 54.9 Å². The number of nitrogens with zero attached hydrogens (tertiary/aromatic N) is 1. The molecule has 1 aromatic heterocycles. The van der Waals surface area contributed by atoms with Crippen molar-refractivity contribution in [2.24, 2.45) is 0 Å². The number of hydrogen-bond acceptors (Lipinski definition) is 3. The maximum absolute atomic E-state index is 14.2. The van der Waals surface area contributed by atoms with Crippen molar-refractivity contribution in [1.29, 1.82) is 0 Å². The van der Waals surface area contributed by atoms with Gasteiger partial charge in [0, 0.05) is 23.4 Å². The van der Waals surface area contributed by atoms with Crippen LogP contribution in [0, 0.1) is 17.5 Å². The van der Waals surface area contributed by atoms with Gasteiger partial charge in [-0.3, -0.25) is 9.78 Å². The topological polar surface area (TPSA) is 62.2 Å². The molecule has 3 aromatic rings. The standard InChI is InChI=1S/C22H16F6N2O2/c1-11(15-7-17(24)10-29-9-15)30-21(32)14-5-12(18-3-2-16(23)8-19(18)25)4-13(6-14)20(31)22(26,27)28/h2-11,20,31H,1H3,(H,30,32)/t11-,20?/m1/s1. The summed E-state index contributed by atoms with van der Waals surface area (Å²) < 4.78 is 80.1. The van der Waals surface area contributed by atoms with Gasteiger partial charge >= 0.3 is 6.18 Å². The van der Waals surface area contributed by atoms with Gasteiger partial charge in [0.05, 0.1) is 12.2 Å². The number of rotatable bonds is 5. The zero-order chi connectivity index (χ0) is 23.6. The molecule has 0 spiro atoms. The number of amides is 1. The van der Waals surface area contributed by atoms with E-state index in [-0.39, 0.29) is 16.7 Å². The molecule has 0 aliphatic heterocycles. The van der Waals surface area contributed by atoms with E-state index in [1.54, 1.807) is 0 Å². The zero-order valence-corrected chi connectivity index (χ0v) is 16.4. The summed E-state index contributed by atoms with van der Waals surface area (Å²) in [5, 5.41) is 12.2. The van der Waals surface area contributed by atoms with Crippen molar-refractivity contribution in [2.75, 3.05) is 0 Å². The number of carbonyl (C=O) groups is 1. The van der Waals surface area contributed by atoms with Crippen LogP contribution in [0.5, 0.6) is 0 Å². The first-order valence-corrected chi connectivity index (χ1v) is 9.22. The summed E-state index contributed by atoms with van der Waals surface area (Å²) in [5.74, 6) is -3.46. The van der Waals surface area contributed by atoms with E-state index in [2.05, 4.69) is 10.3 Å². The summed E-state index contributed by atoms with van der Waals surface area (Å²) in [6.07, 6.45) is -5.73. The average molecular weight is 454 g/mol. The number of alkyl halides is 3. The Kier molecular flexibility index (Phi) is 6.54. The van der Waals surface area contributed by atoms with E-state index < -0.39 is 47.2 Å². The minimum Gasteiger partial charge on any atom is -0.379 e. The van der Waals surface area contributed by atoms with Crippen molar-refractivity contribution < 1.29 is 36.2 Å². The SMILES string of the molecule is C[C@@H](NC(=O)c1cc(-c2ccc(F)cc2F)cc(C(O)C(F)(F)F)c1)c1cncc(F)c1. The summed E-state index contributed by atoms with van der Waals surface area (Å²) in [5.41, 5.74) is -1.16. The van der Waals surface area contributed by atoms with E-state index in [4.69, 9.17) is 0 Å². The number of nitrogens with one attached hydrogen (secondary N) is 1. The van der Waals surface area contributed by atoms with Gasteiger partial charge < -0.3 is 10.4 Å². The van der Waals surface area contributed by atoms with Crippen LogP contribution in [0.1, 0.15) is 40.6 Å². The Morgan fingerprint density at radius 3 is 2.31 bits per heavy atom. The number of aliphatic hydroxyl groups excluding tert-OH is 1. The highest BCUT2D eigenvalue weighted by Gasteiger charge is 2.40. The molecule has 2 aromatic carbocycles. The van der Waals surface area contributed by atoms with E-state index in [0.717, 1.165) is 42.6 Å². The van der Waals surface area contributed by atoms with Gasteiger partial charge in [-0.15, -0.1) is 0 Å². The van der Waals surface area contributed by atoms with Crippen LogP contribution in [0.25, 0.3) is 11.1 Å². The van der Waals surface area contributed by atoms with E-state index in [1.165, 1.54) is 13.1 Å². The largest absolute Gasteiger partial charge is 0.418 e. The molecule has 10 heteroatoms. The molecule has 0 aliphatic rings. The normalized spacial score (nSPS) is 13.5. The van der Waals surface area contributed by atoms with Gasteiger partial charge in [0.25, 0.3) is 5.91 Å². The van der Waals surface area contributed by atoms with Gasteiger partial charge in [-0.25, -0.2) is 13.2 Å². The van der Waals surface area contributed by atoms with Gasteiger partial charge in [0.2, 0.25) is 0 Å². The molecule has 2 N–H and O–H groups in total. The number of pyridine rings is 1. The predicted octanol–water partition coefficient (Wildman–Crippen LogP) is 5.25. The van der Waals surface area contributed by atoms with Crippen molar-refractivity contribution >= 4 is 5.91 Å². The molecule has 0 fully saturated rings. The Bertz CT molecular complexity index is 1150. The van der Waals surface area contributed by atoms with Gasteiger partial charge in [-0.05, 0) is 60.0 Å². The second-order valence-corrected chi connectivity index (χ2v) is 7.04. The lowest BCUT2D eigenvalue weighted by Gasteiger charge is -2.19. The summed E-state index contributed by atoms with van der Waals surface area (Å²) in [6.45, 7) is 1.50. The lowest BCUT2D eigenvalue weighted by atomic mass is 9.96. The fourth-order valence-corrected chi connectivity index (χ4v) is 3.04. The molecular formula is C22H16F6N2O2. The van der Waals surface area contributed by atoms with Gasteiger partial charge in [-0.1, -0.05) is 0 Å². The molecule has 2 atom stereocenters. The third kappa shape index (κ3) is 5.25. The summed E-state index contributed by atoms with van der Waals surface area (Å²) in [4.78, 5) is 16.4. The highest BCUT2D eigenvalue weighted by atomic mass is 19.4. The fraction of sp³-hybridized carbons (Fsp3) is 0.182. The molecule has 0 aliphatic carbocycles. The molecule has 1 amide bonds. The number of aromatic nitrogens is 1. The Morgan fingerprint density at radius 1 is 0.969 bits per heavy atom. The number of aliphatic hydroxyl groups is 1. The van der Waals surface area contributed by atoms with Crippen molar-refractivity contribution in [3.05, 3.63) is 89.0 Å².